The van der Waals surface area contributed by atoms with Crippen LogP contribution in [0.2, 0.25) is 0 Å². The number of carbonyl (C=O) groups excluding carboxylic acids is 1. The highest BCUT2D eigenvalue weighted by Crippen LogP contribution is 2.14. The largest absolute Gasteiger partial charge is 0.381 e. The molecule has 1 aliphatic rings. The Morgan fingerprint density at radius 3 is 2.71 bits per heavy atom. The van der Waals surface area contributed by atoms with E-state index in [0.717, 1.165) is 19.3 Å². The highest BCUT2D eigenvalue weighted by Gasteiger charge is 2.22. The van der Waals surface area contributed by atoms with E-state index in [0.29, 0.717) is 19.8 Å². The van der Waals surface area contributed by atoms with Gasteiger partial charge in [-0.3, -0.25) is 4.79 Å². The summed E-state index contributed by atoms with van der Waals surface area (Å²) in [6, 6.07) is 0.130. The van der Waals surface area contributed by atoms with Gasteiger partial charge in [0.15, 0.2) is 0 Å². The van der Waals surface area contributed by atoms with Crippen molar-refractivity contribution in [3.63, 3.8) is 0 Å². The minimum absolute atomic E-state index is 0.129. The maximum absolute atomic E-state index is 11.7. The van der Waals surface area contributed by atoms with E-state index in [2.05, 4.69) is 5.32 Å². The van der Waals surface area contributed by atoms with Crippen molar-refractivity contribution in [2.24, 2.45) is 11.7 Å². The van der Waals surface area contributed by atoms with Gasteiger partial charge in [-0.1, -0.05) is 6.92 Å². The van der Waals surface area contributed by atoms with Crippen molar-refractivity contribution >= 4 is 5.91 Å². The molecule has 4 nitrogen and oxygen atoms in total. The molecule has 0 aromatic carbocycles. The standard InChI is InChI=1S/C10H20N2O2/c1-2-9(7-11)12-10(13)8-3-5-14-6-4-8/h8-9H,2-7,11H2,1H3,(H,12,13). The Balaban J connectivity index is 2.32. The van der Waals surface area contributed by atoms with Crippen LogP contribution < -0.4 is 11.1 Å². The molecule has 14 heavy (non-hydrogen) atoms. The number of rotatable bonds is 4. The zero-order chi connectivity index (χ0) is 10.4. The van der Waals surface area contributed by atoms with Crippen LogP contribution in [0.4, 0.5) is 0 Å². The Bertz CT molecular complexity index is 175. The molecule has 0 spiro atoms. The number of nitrogens with one attached hydrogen (secondary N) is 1. The van der Waals surface area contributed by atoms with Gasteiger partial charge >= 0.3 is 0 Å². The third-order valence-electron chi connectivity index (χ3n) is 2.72. The van der Waals surface area contributed by atoms with Crippen LogP contribution in [0, 0.1) is 5.92 Å². The maximum Gasteiger partial charge on any atom is 0.223 e. The van der Waals surface area contributed by atoms with E-state index in [1.807, 2.05) is 6.92 Å². The quantitative estimate of drug-likeness (QED) is 0.684. The van der Waals surface area contributed by atoms with Crippen molar-refractivity contribution in [2.45, 2.75) is 32.2 Å². The lowest BCUT2D eigenvalue weighted by molar-refractivity contribution is -0.128. The van der Waals surface area contributed by atoms with Crippen LogP contribution in [0.3, 0.4) is 0 Å². The highest BCUT2D eigenvalue weighted by atomic mass is 16.5. The average molecular weight is 200 g/mol. The van der Waals surface area contributed by atoms with Crippen LogP contribution in [0.1, 0.15) is 26.2 Å². The maximum atomic E-state index is 11.7. The van der Waals surface area contributed by atoms with Crippen LogP contribution >= 0.6 is 0 Å². The van der Waals surface area contributed by atoms with E-state index < -0.39 is 0 Å². The van der Waals surface area contributed by atoms with Gasteiger partial charge in [-0.15, -0.1) is 0 Å². The first-order valence-corrected chi connectivity index (χ1v) is 5.36. The molecule has 4 heteroatoms. The van der Waals surface area contributed by atoms with E-state index in [-0.39, 0.29) is 17.9 Å². The minimum atomic E-state index is 0.129. The van der Waals surface area contributed by atoms with Crippen molar-refractivity contribution in [3.8, 4) is 0 Å². The molecule has 82 valence electrons. The predicted octanol–water partition coefficient (Wildman–Crippen LogP) is 0.267. The Labute approximate surface area is 85.2 Å². The van der Waals surface area contributed by atoms with E-state index >= 15 is 0 Å². The number of nitrogens with two attached hydrogens (primary N) is 1. The highest BCUT2D eigenvalue weighted by molar-refractivity contribution is 5.79. The topological polar surface area (TPSA) is 64.3 Å². The molecule has 0 saturated carbocycles. The summed E-state index contributed by atoms with van der Waals surface area (Å²) in [5.41, 5.74) is 5.52. The SMILES string of the molecule is CCC(CN)NC(=O)C1CCOCC1. The normalized spacial score (nSPS) is 20.4. The van der Waals surface area contributed by atoms with Crippen molar-refractivity contribution in [2.75, 3.05) is 19.8 Å². The van der Waals surface area contributed by atoms with Crippen molar-refractivity contribution in [1.29, 1.82) is 0 Å². The summed E-state index contributed by atoms with van der Waals surface area (Å²) in [6.07, 6.45) is 2.57. The predicted molar refractivity (Wildman–Crippen MR) is 54.8 cm³/mol. The molecule has 1 rings (SSSR count). The third-order valence-corrected chi connectivity index (χ3v) is 2.72. The number of ether oxygens (including phenoxy) is 1. The first kappa shape index (κ1) is 11.5. The van der Waals surface area contributed by atoms with Crippen LogP contribution in [-0.2, 0) is 9.53 Å². The molecule has 3 N–H and O–H groups in total. The van der Waals surface area contributed by atoms with E-state index in [1.165, 1.54) is 0 Å². The van der Waals surface area contributed by atoms with Gasteiger partial charge in [0, 0.05) is 31.7 Å². The summed E-state index contributed by atoms with van der Waals surface area (Å²) in [5.74, 6) is 0.273. The molecule has 0 aromatic heterocycles. The molecule has 0 aliphatic carbocycles. The molecule has 1 aliphatic heterocycles. The van der Waals surface area contributed by atoms with Crippen LogP contribution in [0.15, 0.2) is 0 Å². The smallest absolute Gasteiger partial charge is 0.223 e. The lowest BCUT2D eigenvalue weighted by Gasteiger charge is -2.23. The summed E-state index contributed by atoms with van der Waals surface area (Å²) in [7, 11) is 0. The molecule has 0 radical (unpaired) electrons. The molecule has 1 heterocycles. The van der Waals surface area contributed by atoms with Gasteiger partial charge in [0.1, 0.15) is 0 Å². The Hall–Kier alpha value is -0.610. The molecule has 1 atom stereocenters. The molecule has 1 amide bonds. The summed E-state index contributed by atoms with van der Waals surface area (Å²) in [4.78, 5) is 11.7. The second-order valence-corrected chi connectivity index (χ2v) is 3.74. The van der Waals surface area contributed by atoms with E-state index in [9.17, 15) is 4.79 Å². The molecular formula is C10H20N2O2. The second-order valence-electron chi connectivity index (χ2n) is 3.74. The Morgan fingerprint density at radius 1 is 1.57 bits per heavy atom. The molecular weight excluding hydrogens is 180 g/mol. The summed E-state index contributed by atoms with van der Waals surface area (Å²) in [6.45, 7) is 3.96. The Morgan fingerprint density at radius 2 is 2.21 bits per heavy atom. The van der Waals surface area contributed by atoms with Gasteiger partial charge in [-0.05, 0) is 19.3 Å². The van der Waals surface area contributed by atoms with Crippen LogP contribution in [0.25, 0.3) is 0 Å². The summed E-state index contributed by atoms with van der Waals surface area (Å²) in [5, 5.41) is 2.97. The van der Waals surface area contributed by atoms with Gasteiger partial charge in [0.2, 0.25) is 5.91 Å². The zero-order valence-electron chi connectivity index (χ0n) is 8.79. The van der Waals surface area contributed by atoms with Crippen LogP contribution in [0.5, 0.6) is 0 Å². The lowest BCUT2D eigenvalue weighted by atomic mass is 9.99. The average Bonchev–Trinajstić information content (AvgIpc) is 2.26. The molecule has 0 bridgehead atoms. The van der Waals surface area contributed by atoms with Crippen molar-refractivity contribution < 1.29 is 9.53 Å². The molecule has 1 saturated heterocycles. The summed E-state index contributed by atoms with van der Waals surface area (Å²) >= 11 is 0. The first-order chi connectivity index (χ1) is 6.77. The first-order valence-electron chi connectivity index (χ1n) is 5.36. The molecule has 1 unspecified atom stereocenters. The lowest BCUT2D eigenvalue weighted by Crippen LogP contribution is -2.43. The fraction of sp³-hybridized carbons (Fsp3) is 0.900. The van der Waals surface area contributed by atoms with E-state index in [1.54, 1.807) is 0 Å². The monoisotopic (exact) mass is 200 g/mol. The number of hydrogen-bond donors (Lipinski definition) is 2. The van der Waals surface area contributed by atoms with E-state index in [4.69, 9.17) is 10.5 Å². The van der Waals surface area contributed by atoms with Gasteiger partial charge in [0.05, 0.1) is 0 Å². The number of amides is 1. The van der Waals surface area contributed by atoms with Gasteiger partial charge in [-0.25, -0.2) is 0 Å². The number of carbonyl (C=O) groups is 1. The van der Waals surface area contributed by atoms with Crippen molar-refractivity contribution in [3.05, 3.63) is 0 Å². The molecule has 1 fully saturated rings. The van der Waals surface area contributed by atoms with Gasteiger partial charge < -0.3 is 15.8 Å². The summed E-state index contributed by atoms with van der Waals surface area (Å²) < 4.78 is 5.20. The second kappa shape index (κ2) is 5.98. The van der Waals surface area contributed by atoms with Gasteiger partial charge in [-0.2, -0.15) is 0 Å². The fourth-order valence-corrected chi connectivity index (χ4v) is 1.61. The zero-order valence-corrected chi connectivity index (χ0v) is 8.79. The van der Waals surface area contributed by atoms with Crippen molar-refractivity contribution in [1.82, 2.24) is 5.32 Å². The third kappa shape index (κ3) is 3.27. The number of hydrogen-bond acceptors (Lipinski definition) is 3. The molecule has 0 aromatic rings. The Kier molecular flexibility index (Phi) is 4.90. The fourth-order valence-electron chi connectivity index (χ4n) is 1.61. The minimum Gasteiger partial charge on any atom is -0.381 e. The van der Waals surface area contributed by atoms with Gasteiger partial charge in [0.25, 0.3) is 0 Å². The van der Waals surface area contributed by atoms with Crippen LogP contribution in [-0.4, -0.2) is 31.7 Å².